The molecule has 0 heterocycles. The van der Waals surface area contributed by atoms with E-state index in [1.165, 1.54) is 0 Å². The summed E-state index contributed by atoms with van der Waals surface area (Å²) in [5.74, 6) is 0. The van der Waals surface area contributed by atoms with Gasteiger partial charge in [-0.3, -0.25) is 0 Å². The Morgan fingerprint density at radius 3 is 2.12 bits per heavy atom. The Balaban J connectivity index is 2.16. The van der Waals surface area contributed by atoms with Crippen LogP contribution in [0.3, 0.4) is 0 Å². The molecule has 0 spiro atoms. The first-order valence-corrected chi connectivity index (χ1v) is 5.79. The maximum Gasteiger partial charge on any atom is 0.0684 e. The SMILES string of the molecule is NC(Cc1ccccc1CO)c1ccccc1. The van der Waals surface area contributed by atoms with Crippen LogP contribution in [0, 0.1) is 0 Å². The molecule has 0 aliphatic carbocycles. The topological polar surface area (TPSA) is 46.2 Å². The molecular formula is C15H17NO. The average Bonchev–Trinajstić information content (AvgIpc) is 2.40. The van der Waals surface area contributed by atoms with E-state index >= 15 is 0 Å². The molecule has 2 nitrogen and oxygen atoms in total. The predicted octanol–water partition coefficient (Wildman–Crippen LogP) is 2.42. The van der Waals surface area contributed by atoms with Gasteiger partial charge in [0.25, 0.3) is 0 Å². The number of benzene rings is 2. The number of aliphatic hydroxyl groups excluding tert-OH is 1. The molecule has 2 aromatic rings. The predicted molar refractivity (Wildman–Crippen MR) is 69.4 cm³/mol. The molecule has 88 valence electrons. The molecule has 2 aromatic carbocycles. The first-order chi connectivity index (χ1) is 8.31. The van der Waals surface area contributed by atoms with Crippen molar-refractivity contribution in [3.05, 3.63) is 71.3 Å². The molecule has 0 saturated heterocycles. The zero-order chi connectivity index (χ0) is 12.1. The monoisotopic (exact) mass is 227 g/mol. The molecule has 0 aromatic heterocycles. The van der Waals surface area contributed by atoms with Crippen LogP contribution in [0.25, 0.3) is 0 Å². The summed E-state index contributed by atoms with van der Waals surface area (Å²) < 4.78 is 0. The minimum absolute atomic E-state index is 0.0242. The van der Waals surface area contributed by atoms with E-state index in [2.05, 4.69) is 0 Å². The Morgan fingerprint density at radius 2 is 1.47 bits per heavy atom. The van der Waals surface area contributed by atoms with E-state index in [1.807, 2.05) is 54.6 Å². The van der Waals surface area contributed by atoms with Gasteiger partial charge in [-0.2, -0.15) is 0 Å². The van der Waals surface area contributed by atoms with E-state index in [4.69, 9.17) is 5.73 Å². The molecule has 0 bridgehead atoms. The van der Waals surface area contributed by atoms with Crippen molar-refractivity contribution in [1.29, 1.82) is 0 Å². The fraction of sp³-hybridized carbons (Fsp3) is 0.200. The van der Waals surface area contributed by atoms with Crippen molar-refractivity contribution in [3.63, 3.8) is 0 Å². The summed E-state index contributed by atoms with van der Waals surface area (Å²) in [6.07, 6.45) is 0.751. The van der Waals surface area contributed by atoms with Crippen molar-refractivity contribution >= 4 is 0 Å². The van der Waals surface area contributed by atoms with Crippen molar-refractivity contribution in [2.45, 2.75) is 19.1 Å². The van der Waals surface area contributed by atoms with Gasteiger partial charge in [0.1, 0.15) is 0 Å². The number of hydrogen-bond acceptors (Lipinski definition) is 2. The second kappa shape index (κ2) is 5.62. The quantitative estimate of drug-likeness (QED) is 0.842. The van der Waals surface area contributed by atoms with Gasteiger partial charge in [-0.25, -0.2) is 0 Å². The van der Waals surface area contributed by atoms with Gasteiger partial charge in [0.05, 0.1) is 6.61 Å². The lowest BCUT2D eigenvalue weighted by molar-refractivity contribution is 0.280. The van der Waals surface area contributed by atoms with Gasteiger partial charge < -0.3 is 10.8 Å². The molecule has 1 unspecified atom stereocenters. The highest BCUT2D eigenvalue weighted by Crippen LogP contribution is 2.18. The highest BCUT2D eigenvalue weighted by atomic mass is 16.3. The van der Waals surface area contributed by atoms with Gasteiger partial charge >= 0.3 is 0 Å². The number of nitrogens with two attached hydrogens (primary N) is 1. The fourth-order valence-electron chi connectivity index (χ4n) is 1.97. The van der Waals surface area contributed by atoms with Crippen molar-refractivity contribution in [2.24, 2.45) is 5.73 Å². The second-order valence-corrected chi connectivity index (χ2v) is 4.15. The van der Waals surface area contributed by atoms with Crippen molar-refractivity contribution < 1.29 is 5.11 Å². The molecule has 1 atom stereocenters. The lowest BCUT2D eigenvalue weighted by Gasteiger charge is -2.14. The van der Waals surface area contributed by atoms with Gasteiger partial charge in [0, 0.05) is 6.04 Å². The highest BCUT2D eigenvalue weighted by molar-refractivity contribution is 5.29. The zero-order valence-corrected chi connectivity index (χ0v) is 9.71. The van der Waals surface area contributed by atoms with Crippen LogP contribution in [0.5, 0.6) is 0 Å². The smallest absolute Gasteiger partial charge is 0.0684 e. The summed E-state index contributed by atoms with van der Waals surface area (Å²) in [6.45, 7) is 0.0671. The second-order valence-electron chi connectivity index (χ2n) is 4.15. The standard InChI is InChI=1S/C15H17NO/c16-15(12-6-2-1-3-7-12)10-13-8-4-5-9-14(13)11-17/h1-9,15,17H,10-11,16H2. The molecular weight excluding hydrogens is 210 g/mol. The summed E-state index contributed by atoms with van der Waals surface area (Å²) >= 11 is 0. The lowest BCUT2D eigenvalue weighted by Crippen LogP contribution is -2.14. The Kier molecular flexibility index (Phi) is 3.91. The molecule has 0 amide bonds. The Hall–Kier alpha value is -1.64. The van der Waals surface area contributed by atoms with E-state index in [9.17, 15) is 5.11 Å². The van der Waals surface area contributed by atoms with Crippen LogP contribution in [0.15, 0.2) is 54.6 Å². The van der Waals surface area contributed by atoms with Crippen LogP contribution in [0.4, 0.5) is 0 Å². The summed E-state index contributed by atoms with van der Waals surface area (Å²) in [6, 6.07) is 17.9. The molecule has 3 N–H and O–H groups in total. The van der Waals surface area contributed by atoms with E-state index in [0.717, 1.165) is 23.1 Å². The first kappa shape index (κ1) is 11.8. The molecule has 0 aliphatic heterocycles. The number of rotatable bonds is 4. The summed E-state index contributed by atoms with van der Waals surface area (Å²) in [4.78, 5) is 0. The van der Waals surface area contributed by atoms with Crippen LogP contribution in [-0.2, 0) is 13.0 Å². The van der Waals surface area contributed by atoms with Crippen molar-refractivity contribution in [1.82, 2.24) is 0 Å². The van der Waals surface area contributed by atoms with Gasteiger partial charge in [-0.15, -0.1) is 0 Å². The minimum atomic E-state index is -0.0242. The zero-order valence-electron chi connectivity index (χ0n) is 9.71. The molecule has 0 radical (unpaired) electrons. The first-order valence-electron chi connectivity index (χ1n) is 5.79. The van der Waals surface area contributed by atoms with Crippen molar-refractivity contribution in [2.75, 3.05) is 0 Å². The third-order valence-electron chi connectivity index (χ3n) is 2.96. The van der Waals surface area contributed by atoms with E-state index in [0.29, 0.717) is 0 Å². The molecule has 2 heteroatoms. The van der Waals surface area contributed by atoms with Crippen LogP contribution in [-0.4, -0.2) is 5.11 Å². The van der Waals surface area contributed by atoms with Gasteiger partial charge in [0.15, 0.2) is 0 Å². The largest absolute Gasteiger partial charge is 0.392 e. The van der Waals surface area contributed by atoms with Crippen LogP contribution >= 0.6 is 0 Å². The Labute approximate surface area is 102 Å². The van der Waals surface area contributed by atoms with Gasteiger partial charge in [-0.05, 0) is 23.1 Å². The van der Waals surface area contributed by atoms with E-state index in [-0.39, 0.29) is 12.6 Å². The lowest BCUT2D eigenvalue weighted by atomic mass is 9.96. The third-order valence-corrected chi connectivity index (χ3v) is 2.96. The summed E-state index contributed by atoms with van der Waals surface area (Å²) in [7, 11) is 0. The number of hydrogen-bond donors (Lipinski definition) is 2. The Bertz CT molecular complexity index is 467. The van der Waals surface area contributed by atoms with Crippen LogP contribution in [0.1, 0.15) is 22.7 Å². The summed E-state index contributed by atoms with van der Waals surface area (Å²) in [5, 5.41) is 9.26. The normalized spacial score (nSPS) is 12.4. The molecule has 17 heavy (non-hydrogen) atoms. The van der Waals surface area contributed by atoms with Gasteiger partial charge in [0.2, 0.25) is 0 Å². The maximum absolute atomic E-state index is 9.26. The molecule has 0 fully saturated rings. The van der Waals surface area contributed by atoms with Crippen LogP contribution < -0.4 is 5.73 Å². The molecule has 0 aliphatic rings. The maximum atomic E-state index is 9.26. The van der Waals surface area contributed by atoms with Crippen molar-refractivity contribution in [3.8, 4) is 0 Å². The molecule has 0 saturated carbocycles. The summed E-state index contributed by atoms with van der Waals surface area (Å²) in [5.41, 5.74) is 9.37. The van der Waals surface area contributed by atoms with Crippen LogP contribution in [0.2, 0.25) is 0 Å². The van der Waals surface area contributed by atoms with E-state index < -0.39 is 0 Å². The minimum Gasteiger partial charge on any atom is -0.392 e. The molecule has 2 rings (SSSR count). The number of aliphatic hydroxyl groups is 1. The fourth-order valence-corrected chi connectivity index (χ4v) is 1.97. The Morgan fingerprint density at radius 1 is 0.882 bits per heavy atom. The highest BCUT2D eigenvalue weighted by Gasteiger charge is 2.08. The van der Waals surface area contributed by atoms with Gasteiger partial charge in [-0.1, -0.05) is 54.6 Å². The average molecular weight is 227 g/mol. The van der Waals surface area contributed by atoms with E-state index in [1.54, 1.807) is 0 Å². The third kappa shape index (κ3) is 2.93.